The second kappa shape index (κ2) is 4.68. The number of carbonyl (C=O) groups excluding carboxylic acids is 2. The third-order valence-corrected chi connectivity index (χ3v) is 4.52. The van der Waals surface area contributed by atoms with Crippen LogP contribution < -0.4 is 0 Å². The van der Waals surface area contributed by atoms with Crippen molar-refractivity contribution in [2.45, 2.75) is 31.8 Å². The van der Waals surface area contributed by atoms with Crippen LogP contribution in [0.3, 0.4) is 0 Å². The van der Waals surface area contributed by atoms with Gasteiger partial charge in [0.05, 0.1) is 12.5 Å². The fourth-order valence-corrected chi connectivity index (χ4v) is 3.35. The molecular formula is C14H13BrO4. The average Bonchev–Trinajstić information content (AvgIpc) is 2.38. The molecule has 1 spiro atoms. The lowest BCUT2D eigenvalue weighted by atomic mass is 9.67. The minimum Gasteiger partial charge on any atom is -0.465 e. The van der Waals surface area contributed by atoms with Crippen molar-refractivity contribution in [2.24, 2.45) is 11.3 Å². The highest BCUT2D eigenvalue weighted by Crippen LogP contribution is 2.48. The van der Waals surface area contributed by atoms with Crippen LogP contribution in [0, 0.1) is 23.2 Å². The largest absolute Gasteiger partial charge is 0.465 e. The van der Waals surface area contributed by atoms with Crippen LogP contribution in [0.5, 0.6) is 0 Å². The predicted molar refractivity (Wildman–Crippen MR) is 70.0 cm³/mol. The van der Waals surface area contributed by atoms with Crippen LogP contribution >= 0.6 is 15.9 Å². The van der Waals surface area contributed by atoms with E-state index in [0.29, 0.717) is 19.4 Å². The molecule has 2 bridgehead atoms. The Balaban J connectivity index is 2.09. The molecule has 0 aromatic heterocycles. The molecule has 1 fully saturated rings. The predicted octanol–water partition coefficient (Wildman–Crippen LogP) is 1.93. The Morgan fingerprint density at radius 3 is 3.05 bits per heavy atom. The molecule has 4 rings (SSSR count). The highest BCUT2D eigenvalue weighted by Gasteiger charge is 2.58. The second-order valence-corrected chi connectivity index (χ2v) is 5.92. The van der Waals surface area contributed by atoms with Gasteiger partial charge in [0.1, 0.15) is 6.10 Å². The zero-order valence-corrected chi connectivity index (χ0v) is 11.9. The molecule has 3 atom stereocenters. The second-order valence-electron chi connectivity index (χ2n) is 5.01. The summed E-state index contributed by atoms with van der Waals surface area (Å²) in [6, 6.07) is 0. The van der Waals surface area contributed by atoms with Crippen LogP contribution in [0.4, 0.5) is 0 Å². The molecule has 0 unspecified atom stereocenters. The van der Waals surface area contributed by atoms with Gasteiger partial charge in [-0.3, -0.25) is 9.59 Å². The molecule has 0 aromatic carbocycles. The summed E-state index contributed by atoms with van der Waals surface area (Å²) in [7, 11) is 0. The number of hydrogen-bond donors (Lipinski definition) is 0. The number of hydrogen-bond acceptors (Lipinski definition) is 4. The van der Waals surface area contributed by atoms with Crippen LogP contribution in [-0.2, 0) is 19.1 Å². The molecule has 0 N–H and O–H groups in total. The standard InChI is InChI=1S/C14H13BrO4/c15-10-8-14-5-3-1-2-4-6-18-12(16)9(14)7-11(10)19-13(14)17/h8-9,11H,1-2,4,6-7H2/t9-,11+,14+/m0/s1. The minimum absolute atomic E-state index is 0.339. The van der Waals surface area contributed by atoms with E-state index < -0.39 is 17.3 Å². The summed E-state index contributed by atoms with van der Waals surface area (Å²) in [5.74, 6) is 4.67. The molecule has 1 aliphatic carbocycles. The van der Waals surface area contributed by atoms with Crippen LogP contribution in [0.25, 0.3) is 0 Å². The molecule has 3 aliphatic heterocycles. The normalized spacial score (nSPS) is 37.2. The monoisotopic (exact) mass is 324 g/mol. The maximum Gasteiger partial charge on any atom is 0.329 e. The van der Waals surface area contributed by atoms with Gasteiger partial charge < -0.3 is 9.47 Å². The smallest absolute Gasteiger partial charge is 0.329 e. The van der Waals surface area contributed by atoms with E-state index in [1.807, 2.05) is 0 Å². The van der Waals surface area contributed by atoms with E-state index >= 15 is 0 Å². The Bertz CT molecular complexity index is 527. The van der Waals surface area contributed by atoms with E-state index in [-0.39, 0.29) is 12.1 Å². The van der Waals surface area contributed by atoms with Gasteiger partial charge in [0.25, 0.3) is 0 Å². The van der Waals surface area contributed by atoms with Crippen molar-refractivity contribution >= 4 is 27.9 Å². The van der Waals surface area contributed by atoms with Gasteiger partial charge >= 0.3 is 11.9 Å². The minimum atomic E-state index is -1.16. The zero-order chi connectivity index (χ0) is 13.5. The first kappa shape index (κ1) is 12.7. The summed E-state index contributed by atoms with van der Waals surface area (Å²) >= 11 is 3.39. The lowest BCUT2D eigenvalue weighted by molar-refractivity contribution is -0.177. The van der Waals surface area contributed by atoms with Crippen molar-refractivity contribution in [3.05, 3.63) is 10.6 Å². The Labute approximate surface area is 119 Å². The van der Waals surface area contributed by atoms with E-state index in [9.17, 15) is 9.59 Å². The van der Waals surface area contributed by atoms with Crippen molar-refractivity contribution in [3.63, 3.8) is 0 Å². The van der Waals surface area contributed by atoms with Gasteiger partial charge in [0, 0.05) is 17.3 Å². The van der Waals surface area contributed by atoms with Crippen molar-refractivity contribution in [3.8, 4) is 11.8 Å². The first-order valence-corrected chi connectivity index (χ1v) is 7.19. The van der Waals surface area contributed by atoms with Gasteiger partial charge in [-0.05, 0) is 18.9 Å². The lowest BCUT2D eigenvalue weighted by Gasteiger charge is -2.43. The van der Waals surface area contributed by atoms with E-state index in [4.69, 9.17) is 9.47 Å². The summed E-state index contributed by atoms with van der Waals surface area (Å²) in [5.41, 5.74) is -1.16. The molecule has 0 aromatic rings. The molecule has 3 heterocycles. The first-order valence-electron chi connectivity index (χ1n) is 6.39. The van der Waals surface area contributed by atoms with Crippen molar-refractivity contribution in [1.82, 2.24) is 0 Å². The number of halogens is 1. The zero-order valence-electron chi connectivity index (χ0n) is 10.3. The summed E-state index contributed by atoms with van der Waals surface area (Å²) < 4.78 is 11.4. The van der Waals surface area contributed by atoms with Gasteiger partial charge in [-0.25, -0.2) is 0 Å². The SMILES string of the molecule is O=C1OCCCCC#C[C@@]23C=C(Br)[C@@H](C[C@@H]12)OC3=O. The average molecular weight is 325 g/mol. The van der Waals surface area contributed by atoms with E-state index in [0.717, 1.165) is 17.3 Å². The van der Waals surface area contributed by atoms with Crippen molar-refractivity contribution in [2.75, 3.05) is 6.61 Å². The molecule has 1 saturated heterocycles. The Hall–Kier alpha value is -1.28. The summed E-state index contributed by atoms with van der Waals surface area (Å²) in [4.78, 5) is 24.3. The van der Waals surface area contributed by atoms with Crippen molar-refractivity contribution < 1.29 is 19.1 Å². The van der Waals surface area contributed by atoms with Crippen LogP contribution in [0.15, 0.2) is 10.6 Å². The number of rotatable bonds is 0. The molecule has 100 valence electrons. The number of ether oxygens (including phenoxy) is 2. The number of esters is 2. The molecule has 19 heavy (non-hydrogen) atoms. The molecule has 5 heteroatoms. The van der Waals surface area contributed by atoms with Crippen LogP contribution in [0.2, 0.25) is 0 Å². The Kier molecular flexibility index (Phi) is 3.14. The summed E-state index contributed by atoms with van der Waals surface area (Å²) in [6.07, 6.45) is 4.17. The molecule has 0 saturated carbocycles. The van der Waals surface area contributed by atoms with Gasteiger partial charge in [0.2, 0.25) is 0 Å². The summed E-state index contributed by atoms with van der Waals surface area (Å²) in [5, 5.41) is 0. The highest BCUT2D eigenvalue weighted by molar-refractivity contribution is 9.11. The van der Waals surface area contributed by atoms with E-state index in [2.05, 4.69) is 27.8 Å². The Morgan fingerprint density at radius 2 is 2.21 bits per heavy atom. The number of carbonyl (C=O) groups is 2. The van der Waals surface area contributed by atoms with Gasteiger partial charge in [-0.2, -0.15) is 0 Å². The quantitative estimate of drug-likeness (QED) is 0.504. The highest BCUT2D eigenvalue weighted by atomic mass is 79.9. The fourth-order valence-electron chi connectivity index (χ4n) is 2.71. The van der Waals surface area contributed by atoms with Crippen LogP contribution in [0.1, 0.15) is 25.7 Å². The van der Waals surface area contributed by atoms with E-state index in [1.165, 1.54) is 0 Å². The molecule has 0 radical (unpaired) electrons. The molecule has 0 amide bonds. The summed E-state index contributed by atoms with van der Waals surface area (Å²) in [6.45, 7) is 0.400. The molecular weight excluding hydrogens is 312 g/mol. The third kappa shape index (κ3) is 1.99. The number of cyclic esters (lactones) is 1. The van der Waals surface area contributed by atoms with E-state index in [1.54, 1.807) is 6.08 Å². The third-order valence-electron chi connectivity index (χ3n) is 3.78. The fraction of sp³-hybridized carbons (Fsp3) is 0.571. The topological polar surface area (TPSA) is 52.6 Å². The maximum absolute atomic E-state index is 12.2. The maximum atomic E-state index is 12.2. The first-order chi connectivity index (χ1) is 9.13. The van der Waals surface area contributed by atoms with Gasteiger partial charge in [-0.1, -0.05) is 21.9 Å². The number of fused-ring (bicyclic) bond motifs is 1. The Morgan fingerprint density at radius 1 is 1.37 bits per heavy atom. The van der Waals surface area contributed by atoms with Crippen LogP contribution in [-0.4, -0.2) is 24.6 Å². The molecule has 4 nitrogen and oxygen atoms in total. The van der Waals surface area contributed by atoms with Gasteiger partial charge in [-0.15, -0.1) is 5.92 Å². The van der Waals surface area contributed by atoms with Crippen molar-refractivity contribution in [1.29, 1.82) is 0 Å². The van der Waals surface area contributed by atoms with Gasteiger partial charge in [0.15, 0.2) is 5.41 Å². The lowest BCUT2D eigenvalue weighted by Crippen LogP contribution is -2.53. The molecule has 4 aliphatic rings.